The first-order valence-electron chi connectivity index (χ1n) is 5.48. The number of nitrogens with one attached hydrogen (secondary N) is 1. The van der Waals surface area contributed by atoms with Gasteiger partial charge in [0, 0.05) is 16.3 Å². The van der Waals surface area contributed by atoms with Gasteiger partial charge in [0.2, 0.25) is 0 Å². The zero-order valence-electron chi connectivity index (χ0n) is 9.22. The molecule has 0 spiro atoms. The summed E-state index contributed by atoms with van der Waals surface area (Å²) in [6.07, 6.45) is 2.43. The fourth-order valence-corrected chi connectivity index (χ4v) is 2.04. The van der Waals surface area contributed by atoms with E-state index in [1.54, 1.807) is 0 Å². The van der Waals surface area contributed by atoms with Crippen molar-refractivity contribution in [2.75, 3.05) is 25.0 Å². The number of ether oxygens (including phenoxy) is 1. The highest BCUT2D eigenvalue weighted by Gasteiger charge is 1.94. The molecule has 1 aromatic rings. The fourth-order valence-electron chi connectivity index (χ4n) is 1.27. The van der Waals surface area contributed by atoms with Crippen LogP contribution in [0.2, 0.25) is 0 Å². The predicted octanol–water partition coefficient (Wildman–Crippen LogP) is 3.59. The van der Waals surface area contributed by atoms with Gasteiger partial charge in [-0.2, -0.15) is 0 Å². The van der Waals surface area contributed by atoms with Crippen LogP contribution in [0.1, 0.15) is 12.8 Å². The molecular weight excluding hydrogens is 334 g/mol. The molecule has 0 aliphatic carbocycles. The summed E-state index contributed by atoms with van der Waals surface area (Å²) in [6.45, 7) is 2.67. The molecule has 0 aromatic heterocycles. The Morgan fingerprint density at radius 2 is 2.06 bits per heavy atom. The van der Waals surface area contributed by atoms with Crippen LogP contribution in [0.25, 0.3) is 0 Å². The molecule has 1 rings (SSSR count). The van der Waals surface area contributed by atoms with Crippen molar-refractivity contribution in [3.05, 3.63) is 28.7 Å². The van der Waals surface area contributed by atoms with E-state index in [1.807, 2.05) is 24.3 Å². The van der Waals surface area contributed by atoms with Crippen LogP contribution >= 0.6 is 31.9 Å². The van der Waals surface area contributed by atoms with Crippen molar-refractivity contribution in [1.29, 1.82) is 0 Å². The number of benzene rings is 1. The normalized spacial score (nSPS) is 10.4. The maximum Gasteiger partial charge on any atom is 0.120 e. The van der Waals surface area contributed by atoms with Crippen LogP contribution in [0.15, 0.2) is 28.7 Å². The van der Waals surface area contributed by atoms with E-state index >= 15 is 0 Å². The summed E-state index contributed by atoms with van der Waals surface area (Å²) in [4.78, 5) is 0. The third-order valence-electron chi connectivity index (χ3n) is 2.08. The van der Waals surface area contributed by atoms with Crippen molar-refractivity contribution in [2.24, 2.45) is 0 Å². The second kappa shape index (κ2) is 9.02. The summed E-state index contributed by atoms with van der Waals surface area (Å²) in [7, 11) is 0. The maximum atomic E-state index is 5.59. The molecule has 4 heteroatoms. The molecule has 2 nitrogen and oxygen atoms in total. The zero-order chi connectivity index (χ0) is 11.6. The molecule has 0 radical (unpaired) electrons. The van der Waals surface area contributed by atoms with Crippen molar-refractivity contribution < 1.29 is 4.74 Å². The first-order valence-corrected chi connectivity index (χ1v) is 7.39. The first-order chi connectivity index (χ1) is 7.83. The van der Waals surface area contributed by atoms with Crippen LogP contribution in [0, 0.1) is 0 Å². The Kier molecular flexibility index (Phi) is 7.89. The third-order valence-corrected chi connectivity index (χ3v) is 3.13. The molecule has 0 saturated heterocycles. The van der Waals surface area contributed by atoms with Gasteiger partial charge in [-0.05, 0) is 37.6 Å². The highest BCUT2D eigenvalue weighted by Crippen LogP contribution is 2.17. The quantitative estimate of drug-likeness (QED) is 0.571. The lowest BCUT2D eigenvalue weighted by Gasteiger charge is -2.07. The molecule has 0 unspecified atom stereocenters. The van der Waals surface area contributed by atoms with Gasteiger partial charge >= 0.3 is 0 Å². The third kappa shape index (κ3) is 6.51. The van der Waals surface area contributed by atoms with Gasteiger partial charge in [0.15, 0.2) is 0 Å². The fraction of sp³-hybridized carbons (Fsp3) is 0.500. The number of rotatable bonds is 8. The molecule has 0 fully saturated rings. The van der Waals surface area contributed by atoms with Gasteiger partial charge in [0.1, 0.15) is 12.4 Å². The Morgan fingerprint density at radius 3 is 2.81 bits per heavy atom. The van der Waals surface area contributed by atoms with Crippen molar-refractivity contribution in [2.45, 2.75) is 12.8 Å². The van der Waals surface area contributed by atoms with Gasteiger partial charge < -0.3 is 10.1 Å². The van der Waals surface area contributed by atoms with E-state index in [0.29, 0.717) is 6.61 Å². The molecule has 0 heterocycles. The topological polar surface area (TPSA) is 21.3 Å². The molecule has 0 bridgehead atoms. The smallest absolute Gasteiger partial charge is 0.120 e. The Bertz CT molecular complexity index is 294. The highest BCUT2D eigenvalue weighted by atomic mass is 79.9. The van der Waals surface area contributed by atoms with Crippen LogP contribution < -0.4 is 10.1 Å². The molecule has 1 N–H and O–H groups in total. The molecule has 0 aliphatic rings. The van der Waals surface area contributed by atoms with Crippen LogP contribution in [0.3, 0.4) is 0 Å². The Labute approximate surface area is 114 Å². The van der Waals surface area contributed by atoms with E-state index in [0.717, 1.165) is 28.6 Å². The molecule has 1 aromatic carbocycles. The lowest BCUT2D eigenvalue weighted by molar-refractivity contribution is 0.313. The van der Waals surface area contributed by atoms with Gasteiger partial charge in [0.25, 0.3) is 0 Å². The molecule has 0 aliphatic heterocycles. The second-order valence-corrected chi connectivity index (χ2v) is 5.16. The van der Waals surface area contributed by atoms with Crippen molar-refractivity contribution in [1.82, 2.24) is 5.32 Å². The van der Waals surface area contributed by atoms with E-state index in [9.17, 15) is 0 Å². The van der Waals surface area contributed by atoms with Gasteiger partial charge in [-0.25, -0.2) is 0 Å². The molecule has 90 valence electrons. The Morgan fingerprint density at radius 1 is 1.19 bits per heavy atom. The number of unbranched alkanes of at least 4 members (excludes halogenated alkanes) is 1. The summed E-state index contributed by atoms with van der Waals surface area (Å²) < 4.78 is 6.64. The zero-order valence-corrected chi connectivity index (χ0v) is 12.4. The minimum absolute atomic E-state index is 0.713. The standard InChI is InChI=1S/C12H17Br2NO/c13-6-1-2-7-15-8-9-16-12-5-3-4-11(14)10-12/h3-5,10,15H,1-2,6-9H2. The minimum atomic E-state index is 0.713. The number of hydrogen-bond donors (Lipinski definition) is 1. The predicted molar refractivity (Wildman–Crippen MR) is 75.5 cm³/mol. The van der Waals surface area contributed by atoms with Gasteiger partial charge in [-0.1, -0.05) is 37.9 Å². The average Bonchev–Trinajstić information content (AvgIpc) is 2.28. The summed E-state index contributed by atoms with van der Waals surface area (Å²) in [5.74, 6) is 0.914. The summed E-state index contributed by atoms with van der Waals surface area (Å²) in [5, 5.41) is 4.43. The van der Waals surface area contributed by atoms with Crippen molar-refractivity contribution in [3.63, 3.8) is 0 Å². The largest absolute Gasteiger partial charge is 0.492 e. The van der Waals surface area contributed by atoms with Gasteiger partial charge in [0.05, 0.1) is 0 Å². The van der Waals surface area contributed by atoms with Crippen molar-refractivity contribution >= 4 is 31.9 Å². The maximum absolute atomic E-state index is 5.59. The Balaban J connectivity index is 2.03. The lowest BCUT2D eigenvalue weighted by Crippen LogP contribution is -2.22. The van der Waals surface area contributed by atoms with E-state index in [-0.39, 0.29) is 0 Å². The molecule has 0 saturated carbocycles. The van der Waals surface area contributed by atoms with Crippen LogP contribution in [-0.2, 0) is 0 Å². The highest BCUT2D eigenvalue weighted by molar-refractivity contribution is 9.10. The van der Waals surface area contributed by atoms with E-state index in [4.69, 9.17) is 4.74 Å². The molecule has 16 heavy (non-hydrogen) atoms. The van der Waals surface area contributed by atoms with E-state index in [1.165, 1.54) is 12.8 Å². The molecular formula is C12H17Br2NO. The van der Waals surface area contributed by atoms with Gasteiger partial charge in [-0.15, -0.1) is 0 Å². The summed E-state index contributed by atoms with van der Waals surface area (Å²) >= 11 is 6.83. The summed E-state index contributed by atoms with van der Waals surface area (Å²) in [5.41, 5.74) is 0. The van der Waals surface area contributed by atoms with Crippen LogP contribution in [-0.4, -0.2) is 25.0 Å². The first kappa shape index (κ1) is 14.0. The monoisotopic (exact) mass is 349 g/mol. The molecule has 0 atom stereocenters. The second-order valence-electron chi connectivity index (χ2n) is 3.45. The van der Waals surface area contributed by atoms with Crippen molar-refractivity contribution in [3.8, 4) is 5.75 Å². The Hall–Kier alpha value is -0.0600. The van der Waals surface area contributed by atoms with Crippen LogP contribution in [0.4, 0.5) is 0 Å². The summed E-state index contributed by atoms with van der Waals surface area (Å²) in [6, 6.07) is 7.91. The number of halogens is 2. The van der Waals surface area contributed by atoms with Gasteiger partial charge in [-0.3, -0.25) is 0 Å². The van der Waals surface area contributed by atoms with E-state index < -0.39 is 0 Å². The van der Waals surface area contributed by atoms with E-state index in [2.05, 4.69) is 37.2 Å². The minimum Gasteiger partial charge on any atom is -0.492 e. The number of hydrogen-bond acceptors (Lipinski definition) is 2. The lowest BCUT2D eigenvalue weighted by atomic mass is 10.3. The number of alkyl halides is 1. The molecule has 0 amide bonds. The van der Waals surface area contributed by atoms with Crippen LogP contribution in [0.5, 0.6) is 5.75 Å². The average molecular weight is 351 g/mol. The SMILES string of the molecule is BrCCCCNCCOc1cccc(Br)c1.